The third-order valence-corrected chi connectivity index (χ3v) is 4.56. The van der Waals surface area contributed by atoms with Gasteiger partial charge in [0.05, 0.1) is 0 Å². The van der Waals surface area contributed by atoms with E-state index < -0.39 is 6.04 Å². The molecule has 0 aliphatic heterocycles. The van der Waals surface area contributed by atoms with Gasteiger partial charge in [0.25, 0.3) is 0 Å². The number of carbonyl (C=O) groups excluding carboxylic acids is 1. The van der Waals surface area contributed by atoms with E-state index in [-0.39, 0.29) is 5.78 Å². The molecule has 24 heavy (non-hydrogen) atoms. The SMILES string of the molecule is CCN=C([S-])[C@H](C(=O)c1ccc([C@H](C)CC)cc1)[n+]1ccccc1. The Balaban J connectivity index is 2.36. The van der Waals surface area contributed by atoms with Gasteiger partial charge in [-0.25, -0.2) is 0 Å². The van der Waals surface area contributed by atoms with E-state index in [1.807, 2.05) is 66.3 Å². The molecule has 0 bridgehead atoms. The van der Waals surface area contributed by atoms with E-state index in [4.69, 9.17) is 12.6 Å². The molecule has 0 spiro atoms. The lowest BCUT2D eigenvalue weighted by Crippen LogP contribution is -2.47. The van der Waals surface area contributed by atoms with Crippen molar-refractivity contribution < 1.29 is 9.36 Å². The minimum atomic E-state index is -0.574. The predicted octanol–water partition coefficient (Wildman–Crippen LogP) is 3.88. The number of benzene rings is 1. The number of ketones is 1. The number of aromatic nitrogens is 1. The van der Waals surface area contributed by atoms with Crippen LogP contribution < -0.4 is 4.57 Å². The Morgan fingerprint density at radius 3 is 2.29 bits per heavy atom. The molecule has 0 aliphatic carbocycles. The summed E-state index contributed by atoms with van der Waals surface area (Å²) in [6.07, 6.45) is 4.79. The first-order chi connectivity index (χ1) is 11.6. The van der Waals surface area contributed by atoms with Gasteiger partial charge in [0, 0.05) is 24.2 Å². The fourth-order valence-electron chi connectivity index (χ4n) is 2.57. The van der Waals surface area contributed by atoms with Crippen molar-refractivity contribution in [3.05, 3.63) is 66.0 Å². The lowest BCUT2D eigenvalue weighted by Gasteiger charge is -2.18. The van der Waals surface area contributed by atoms with Gasteiger partial charge in [-0.15, -0.1) is 0 Å². The van der Waals surface area contributed by atoms with E-state index in [1.54, 1.807) is 0 Å². The van der Waals surface area contributed by atoms with Gasteiger partial charge in [-0.3, -0.25) is 4.79 Å². The summed E-state index contributed by atoms with van der Waals surface area (Å²) in [5.74, 6) is 0.466. The first-order valence-electron chi connectivity index (χ1n) is 8.39. The predicted molar refractivity (Wildman–Crippen MR) is 100 cm³/mol. The van der Waals surface area contributed by atoms with Crippen molar-refractivity contribution >= 4 is 23.5 Å². The van der Waals surface area contributed by atoms with Crippen molar-refractivity contribution in [2.24, 2.45) is 4.99 Å². The van der Waals surface area contributed by atoms with Gasteiger partial charge in [-0.1, -0.05) is 44.2 Å². The molecule has 0 N–H and O–H groups in total. The first kappa shape index (κ1) is 18.3. The zero-order chi connectivity index (χ0) is 17.5. The Morgan fingerprint density at radius 1 is 1.12 bits per heavy atom. The average Bonchev–Trinajstić information content (AvgIpc) is 2.62. The molecule has 0 saturated heterocycles. The largest absolute Gasteiger partial charge is 0.758 e. The zero-order valence-electron chi connectivity index (χ0n) is 14.5. The smallest absolute Gasteiger partial charge is 0.237 e. The molecule has 126 valence electrons. The van der Waals surface area contributed by atoms with Crippen LogP contribution in [0.5, 0.6) is 0 Å². The van der Waals surface area contributed by atoms with E-state index in [1.165, 1.54) is 5.56 Å². The molecule has 2 atom stereocenters. The Bertz CT molecular complexity index is 695. The highest BCUT2D eigenvalue weighted by molar-refractivity contribution is 7.77. The monoisotopic (exact) mass is 340 g/mol. The highest BCUT2D eigenvalue weighted by atomic mass is 32.1. The van der Waals surface area contributed by atoms with Gasteiger partial charge in [0.15, 0.2) is 12.4 Å². The van der Waals surface area contributed by atoms with Crippen LogP contribution in [0, 0.1) is 0 Å². The second-order valence-electron chi connectivity index (χ2n) is 5.83. The molecule has 0 aliphatic rings. The lowest BCUT2D eigenvalue weighted by molar-refractivity contribution is -0.691. The normalized spacial score (nSPS) is 14.2. The summed E-state index contributed by atoms with van der Waals surface area (Å²) >= 11 is 5.41. The number of nitrogens with zero attached hydrogens (tertiary/aromatic N) is 2. The maximum atomic E-state index is 13.0. The van der Waals surface area contributed by atoms with E-state index in [0.29, 0.717) is 23.1 Å². The van der Waals surface area contributed by atoms with Crippen LogP contribution in [0.15, 0.2) is 59.9 Å². The third-order valence-electron chi connectivity index (χ3n) is 4.21. The molecule has 0 radical (unpaired) electrons. The molecule has 0 amide bonds. The van der Waals surface area contributed by atoms with Crippen molar-refractivity contribution in [2.45, 2.75) is 39.2 Å². The van der Waals surface area contributed by atoms with Gasteiger partial charge >= 0.3 is 0 Å². The van der Waals surface area contributed by atoms with E-state index in [2.05, 4.69) is 18.8 Å². The molecule has 2 aromatic rings. The van der Waals surface area contributed by atoms with Gasteiger partial charge < -0.3 is 17.6 Å². The van der Waals surface area contributed by atoms with Crippen LogP contribution in [-0.2, 0) is 12.6 Å². The van der Waals surface area contributed by atoms with Crippen molar-refractivity contribution in [2.75, 3.05) is 6.54 Å². The first-order valence-corrected chi connectivity index (χ1v) is 8.80. The van der Waals surface area contributed by atoms with Crippen LogP contribution >= 0.6 is 0 Å². The second kappa shape index (κ2) is 8.69. The van der Waals surface area contributed by atoms with Crippen LogP contribution in [0.4, 0.5) is 0 Å². The maximum Gasteiger partial charge on any atom is 0.237 e. The molecule has 4 heteroatoms. The summed E-state index contributed by atoms with van der Waals surface area (Å²) in [4.78, 5) is 17.3. The molecule has 1 heterocycles. The molecule has 2 rings (SSSR count). The Labute approximate surface area is 149 Å². The average molecular weight is 340 g/mol. The highest BCUT2D eigenvalue weighted by Crippen LogP contribution is 2.20. The summed E-state index contributed by atoms with van der Waals surface area (Å²) in [6, 6.07) is 13.0. The van der Waals surface area contributed by atoms with Crippen LogP contribution in [0.25, 0.3) is 0 Å². The summed E-state index contributed by atoms with van der Waals surface area (Å²) in [6.45, 7) is 6.85. The minimum absolute atomic E-state index is 0.0240. The summed E-state index contributed by atoms with van der Waals surface area (Å²) in [5.41, 5.74) is 1.91. The summed E-state index contributed by atoms with van der Waals surface area (Å²) in [7, 11) is 0. The van der Waals surface area contributed by atoms with Crippen LogP contribution in [-0.4, -0.2) is 17.4 Å². The lowest BCUT2D eigenvalue weighted by atomic mass is 9.95. The quantitative estimate of drug-likeness (QED) is 0.252. The Hall–Kier alpha value is -2.07. The number of aliphatic imine (C=N–C) groups is 1. The number of carbonyl (C=O) groups is 1. The fraction of sp³-hybridized carbons (Fsp3) is 0.350. The van der Waals surface area contributed by atoms with Crippen LogP contribution in [0.1, 0.15) is 55.1 Å². The third kappa shape index (κ3) is 4.26. The zero-order valence-corrected chi connectivity index (χ0v) is 15.3. The number of hydrogen-bond acceptors (Lipinski definition) is 3. The molecule has 0 unspecified atom stereocenters. The standard InChI is InChI=1S/C20H24N2OS/c1-4-15(3)16-9-11-17(12-10-16)19(23)18(20(24)21-5-2)22-13-7-6-8-14-22/h6-15,18H,4-5H2,1-3H3/t15-,18+/m1/s1. The molecular weight excluding hydrogens is 316 g/mol. The van der Waals surface area contributed by atoms with Crippen LogP contribution in [0.3, 0.4) is 0 Å². The van der Waals surface area contributed by atoms with Gasteiger partial charge in [-0.05, 0) is 29.9 Å². The van der Waals surface area contributed by atoms with Gasteiger partial charge in [0.1, 0.15) is 0 Å². The number of Topliss-reactive ketones (excluding diaryl/α,β-unsaturated/α-hetero) is 1. The summed E-state index contributed by atoms with van der Waals surface area (Å²) < 4.78 is 1.83. The number of hydrogen-bond donors (Lipinski definition) is 0. The minimum Gasteiger partial charge on any atom is -0.758 e. The Kier molecular flexibility index (Phi) is 6.62. The van der Waals surface area contributed by atoms with E-state index in [9.17, 15) is 4.79 Å². The van der Waals surface area contributed by atoms with Crippen molar-refractivity contribution in [1.29, 1.82) is 0 Å². The number of pyridine rings is 1. The number of rotatable bonds is 7. The molecule has 0 fully saturated rings. The molecule has 1 aromatic carbocycles. The van der Waals surface area contributed by atoms with Crippen molar-refractivity contribution in [3.63, 3.8) is 0 Å². The van der Waals surface area contributed by atoms with Crippen molar-refractivity contribution in [1.82, 2.24) is 0 Å². The molecule has 1 aromatic heterocycles. The summed E-state index contributed by atoms with van der Waals surface area (Å²) in [5, 5.41) is 0.421. The van der Waals surface area contributed by atoms with Gasteiger partial charge in [-0.2, -0.15) is 4.57 Å². The Morgan fingerprint density at radius 2 is 1.75 bits per heavy atom. The van der Waals surface area contributed by atoms with E-state index in [0.717, 1.165) is 6.42 Å². The fourth-order valence-corrected chi connectivity index (χ4v) is 2.93. The maximum absolute atomic E-state index is 13.0. The molecule has 0 saturated carbocycles. The van der Waals surface area contributed by atoms with E-state index >= 15 is 0 Å². The molecule has 3 nitrogen and oxygen atoms in total. The molecular formula is C20H24N2OS. The van der Waals surface area contributed by atoms with Crippen molar-refractivity contribution in [3.8, 4) is 0 Å². The van der Waals surface area contributed by atoms with Gasteiger partial charge in [0.2, 0.25) is 11.8 Å². The van der Waals surface area contributed by atoms with Crippen LogP contribution in [0.2, 0.25) is 0 Å². The topological polar surface area (TPSA) is 33.3 Å². The highest BCUT2D eigenvalue weighted by Gasteiger charge is 2.27. The second-order valence-corrected chi connectivity index (χ2v) is 6.25.